The van der Waals surface area contributed by atoms with Gasteiger partial charge in [-0.2, -0.15) is 0 Å². The van der Waals surface area contributed by atoms with E-state index in [0.717, 1.165) is 62.5 Å². The fraction of sp³-hybridized carbons (Fsp3) is 0.808. The van der Waals surface area contributed by atoms with Crippen LogP contribution in [0.4, 0.5) is 0 Å². The van der Waals surface area contributed by atoms with Crippen molar-refractivity contribution in [3.05, 3.63) is 11.6 Å². The second-order valence-electron chi connectivity index (χ2n) is 11.5. The van der Waals surface area contributed by atoms with E-state index in [1.165, 1.54) is 6.42 Å². The lowest BCUT2D eigenvalue weighted by Gasteiger charge is -2.58. The first kappa shape index (κ1) is 21.2. The summed E-state index contributed by atoms with van der Waals surface area (Å²) >= 11 is 0. The highest BCUT2D eigenvalue weighted by atomic mass is 16.6. The van der Waals surface area contributed by atoms with E-state index in [2.05, 4.69) is 32.0 Å². The summed E-state index contributed by atoms with van der Waals surface area (Å²) in [5, 5.41) is 15.4. The standard InChI is InChI=1S/C26H37NO4/c1-16(2)22-11-18-12-24(14-28)21-10-9-17(3)20(21)13-25(18,26(22,24)23(29)30)15-31-27-19-7-5-4-6-8-19/h11,14,16-18,20-21H,4-10,12-13,15H2,1-3H3,(H,29,30)/t17-,18+,20-,21-,24+,25?,26+/m1/s1. The molecular formula is C26H37NO4. The van der Waals surface area contributed by atoms with Gasteiger partial charge in [0.15, 0.2) is 0 Å². The summed E-state index contributed by atoms with van der Waals surface area (Å²) in [5.41, 5.74) is -0.460. The van der Waals surface area contributed by atoms with Gasteiger partial charge in [-0.1, -0.05) is 50.4 Å². The largest absolute Gasteiger partial charge is 0.481 e. The summed E-state index contributed by atoms with van der Waals surface area (Å²) in [5.74, 6) is 0.455. The van der Waals surface area contributed by atoms with Crippen LogP contribution in [0, 0.1) is 45.8 Å². The topological polar surface area (TPSA) is 76.0 Å². The Bertz CT molecular complexity index is 838. The highest BCUT2D eigenvalue weighted by Gasteiger charge is 2.84. The van der Waals surface area contributed by atoms with Gasteiger partial charge < -0.3 is 14.7 Å². The summed E-state index contributed by atoms with van der Waals surface area (Å²) < 4.78 is 0. The lowest BCUT2D eigenvalue weighted by atomic mass is 9.43. The Morgan fingerprint density at radius 2 is 2.00 bits per heavy atom. The van der Waals surface area contributed by atoms with E-state index >= 15 is 0 Å². The maximum Gasteiger partial charge on any atom is 0.315 e. The van der Waals surface area contributed by atoms with Crippen molar-refractivity contribution in [2.24, 2.45) is 51.0 Å². The summed E-state index contributed by atoms with van der Waals surface area (Å²) in [4.78, 5) is 32.4. The first-order valence-corrected chi connectivity index (χ1v) is 12.4. The molecule has 0 spiro atoms. The van der Waals surface area contributed by atoms with Gasteiger partial charge in [0.05, 0.1) is 11.1 Å². The predicted molar refractivity (Wildman–Crippen MR) is 118 cm³/mol. The SMILES string of the molecule is CC(C)C1=C[C@H]2C[C@]3(C=O)[C@@H]4CC[C@@H](C)[C@H]4CC2(CON=C2CCCCC2)[C@]13C(=O)O. The van der Waals surface area contributed by atoms with Crippen LogP contribution in [0.3, 0.4) is 0 Å². The number of hydrogen-bond donors (Lipinski definition) is 1. The van der Waals surface area contributed by atoms with E-state index in [1.54, 1.807) is 0 Å². The van der Waals surface area contributed by atoms with Gasteiger partial charge in [-0.15, -0.1) is 0 Å². The fourth-order valence-corrected chi connectivity index (χ4v) is 8.92. The molecule has 5 aliphatic rings. The first-order valence-electron chi connectivity index (χ1n) is 12.4. The Morgan fingerprint density at radius 3 is 2.65 bits per heavy atom. The van der Waals surface area contributed by atoms with E-state index in [9.17, 15) is 14.7 Å². The van der Waals surface area contributed by atoms with E-state index in [4.69, 9.17) is 4.84 Å². The predicted octanol–water partition coefficient (Wildman–Crippen LogP) is 5.25. The molecule has 170 valence electrons. The van der Waals surface area contributed by atoms with Gasteiger partial charge in [0.25, 0.3) is 0 Å². The molecule has 1 N–H and O–H groups in total. The Hall–Kier alpha value is -1.65. The van der Waals surface area contributed by atoms with Gasteiger partial charge in [-0.3, -0.25) is 4.79 Å². The van der Waals surface area contributed by atoms with Gasteiger partial charge in [0.2, 0.25) is 0 Å². The third-order valence-corrected chi connectivity index (χ3v) is 10.1. The number of carbonyl (C=O) groups excluding carboxylic acids is 1. The number of rotatable bonds is 6. The first-order chi connectivity index (χ1) is 14.8. The van der Waals surface area contributed by atoms with Gasteiger partial charge in [-0.25, -0.2) is 0 Å². The Kier molecular flexibility index (Phi) is 4.91. The number of hydrogen-bond acceptors (Lipinski definition) is 4. The molecule has 4 bridgehead atoms. The van der Waals surface area contributed by atoms with Crippen molar-refractivity contribution in [2.75, 3.05) is 6.61 Å². The Labute approximate surface area is 185 Å². The van der Waals surface area contributed by atoms with Crippen LogP contribution in [0.2, 0.25) is 0 Å². The average Bonchev–Trinajstić information content (AvgIpc) is 3.32. The molecule has 5 heteroatoms. The van der Waals surface area contributed by atoms with Gasteiger partial charge in [0.1, 0.15) is 18.3 Å². The molecule has 7 atom stereocenters. The smallest absolute Gasteiger partial charge is 0.315 e. The van der Waals surface area contributed by atoms with Crippen LogP contribution >= 0.6 is 0 Å². The number of nitrogens with zero attached hydrogens (tertiary/aromatic N) is 1. The second kappa shape index (κ2) is 7.18. The lowest BCUT2D eigenvalue weighted by molar-refractivity contribution is -0.186. The van der Waals surface area contributed by atoms with Crippen LogP contribution in [0.15, 0.2) is 16.8 Å². The number of carboxylic acid groups (broad SMARTS) is 1. The second-order valence-corrected chi connectivity index (χ2v) is 11.5. The minimum atomic E-state index is -1.15. The molecule has 0 radical (unpaired) electrons. The van der Waals surface area contributed by atoms with E-state index in [0.29, 0.717) is 24.9 Å². The van der Waals surface area contributed by atoms with E-state index in [-0.39, 0.29) is 17.8 Å². The van der Waals surface area contributed by atoms with Crippen LogP contribution < -0.4 is 0 Å². The van der Waals surface area contributed by atoms with Crippen molar-refractivity contribution in [3.63, 3.8) is 0 Å². The molecule has 0 heterocycles. The summed E-state index contributed by atoms with van der Waals surface area (Å²) in [7, 11) is 0. The number of fused-ring (bicyclic) bond motifs is 2. The average molecular weight is 428 g/mol. The summed E-state index contributed by atoms with van der Waals surface area (Å²) in [6.07, 6.45) is 12.4. The molecule has 5 nitrogen and oxygen atoms in total. The Morgan fingerprint density at radius 1 is 1.26 bits per heavy atom. The summed E-state index contributed by atoms with van der Waals surface area (Å²) in [6, 6.07) is 0. The van der Waals surface area contributed by atoms with Crippen molar-refractivity contribution in [2.45, 2.75) is 78.6 Å². The number of carboxylic acids is 1. The maximum absolute atomic E-state index is 13.3. The Balaban J connectivity index is 1.61. The summed E-state index contributed by atoms with van der Waals surface area (Å²) in [6.45, 7) is 6.76. The van der Waals surface area contributed by atoms with Crippen LogP contribution in [0.1, 0.15) is 78.6 Å². The third-order valence-electron chi connectivity index (χ3n) is 10.1. The molecule has 0 saturated heterocycles. The molecule has 0 aromatic rings. The normalized spacial score (nSPS) is 45.4. The molecule has 5 rings (SSSR count). The molecule has 5 aliphatic carbocycles. The zero-order valence-electron chi connectivity index (χ0n) is 19.2. The minimum Gasteiger partial charge on any atom is -0.481 e. The molecule has 1 unspecified atom stereocenters. The van der Waals surface area contributed by atoms with Gasteiger partial charge in [-0.05, 0) is 74.5 Å². The molecule has 0 aromatic carbocycles. The monoisotopic (exact) mass is 427 g/mol. The minimum absolute atomic E-state index is 0.0792. The highest BCUT2D eigenvalue weighted by molar-refractivity contribution is 5.90. The number of oxime groups is 1. The zero-order valence-corrected chi connectivity index (χ0v) is 19.2. The molecule has 31 heavy (non-hydrogen) atoms. The van der Waals surface area contributed by atoms with Gasteiger partial charge >= 0.3 is 5.97 Å². The van der Waals surface area contributed by atoms with Crippen molar-refractivity contribution in [1.82, 2.24) is 0 Å². The molecular weight excluding hydrogens is 390 g/mol. The molecule has 0 aromatic heterocycles. The quantitative estimate of drug-likeness (QED) is 0.357. The fourth-order valence-electron chi connectivity index (χ4n) is 8.92. The zero-order chi connectivity index (χ0) is 22.0. The highest BCUT2D eigenvalue weighted by Crippen LogP contribution is 2.82. The lowest BCUT2D eigenvalue weighted by Crippen LogP contribution is -2.63. The van der Waals surface area contributed by atoms with Gasteiger partial charge in [0, 0.05) is 5.41 Å². The van der Waals surface area contributed by atoms with Crippen LogP contribution in [0.25, 0.3) is 0 Å². The molecule has 0 amide bonds. The van der Waals surface area contributed by atoms with E-state index < -0.39 is 22.2 Å². The van der Waals surface area contributed by atoms with Crippen molar-refractivity contribution in [3.8, 4) is 0 Å². The molecule has 4 fully saturated rings. The van der Waals surface area contributed by atoms with Crippen molar-refractivity contribution in [1.29, 1.82) is 0 Å². The third kappa shape index (κ3) is 2.47. The van der Waals surface area contributed by atoms with Crippen LogP contribution in [0.5, 0.6) is 0 Å². The number of aldehydes is 1. The van der Waals surface area contributed by atoms with Crippen LogP contribution in [-0.2, 0) is 14.4 Å². The number of carbonyl (C=O) groups is 2. The molecule has 4 saturated carbocycles. The van der Waals surface area contributed by atoms with E-state index in [1.807, 2.05) is 0 Å². The molecule has 0 aliphatic heterocycles. The number of allylic oxidation sites excluding steroid dienone is 1. The van der Waals surface area contributed by atoms with Crippen LogP contribution in [-0.4, -0.2) is 29.7 Å². The van der Waals surface area contributed by atoms with Crippen molar-refractivity contribution < 1.29 is 19.5 Å². The number of aliphatic carboxylic acids is 1. The maximum atomic E-state index is 13.3. The van der Waals surface area contributed by atoms with Crippen molar-refractivity contribution >= 4 is 18.0 Å².